The van der Waals surface area contributed by atoms with Gasteiger partial charge in [-0.15, -0.1) is 0 Å². The van der Waals surface area contributed by atoms with Crippen molar-refractivity contribution < 1.29 is 0 Å². The summed E-state index contributed by atoms with van der Waals surface area (Å²) in [6, 6.07) is 10.6. The minimum Gasteiger partial charge on any atom is -0.310 e. The lowest BCUT2D eigenvalue weighted by Crippen LogP contribution is -2.23. The van der Waals surface area contributed by atoms with Crippen LogP contribution in [0.2, 0.25) is 5.02 Å². The molecule has 0 fully saturated rings. The number of nitrogens with one attached hydrogen (secondary N) is 1. The van der Waals surface area contributed by atoms with Crippen LogP contribution in [0.3, 0.4) is 0 Å². The summed E-state index contributed by atoms with van der Waals surface area (Å²) in [5, 5.41) is 8.62. The van der Waals surface area contributed by atoms with E-state index in [9.17, 15) is 0 Å². The predicted molar refractivity (Wildman–Crippen MR) is 84.0 cm³/mol. The van der Waals surface area contributed by atoms with Gasteiger partial charge in [0.05, 0.1) is 0 Å². The second kappa shape index (κ2) is 7.46. The molecule has 4 heteroatoms. The summed E-state index contributed by atoms with van der Waals surface area (Å²) in [7, 11) is 1.99. The zero-order valence-corrected chi connectivity index (χ0v) is 12.9. The zero-order valence-electron chi connectivity index (χ0n) is 12.1. The van der Waals surface area contributed by atoms with Gasteiger partial charge in [0.25, 0.3) is 0 Å². The van der Waals surface area contributed by atoms with Crippen LogP contribution in [0.4, 0.5) is 0 Å². The summed E-state index contributed by atoms with van der Waals surface area (Å²) in [5.74, 6) is 0. The zero-order chi connectivity index (χ0) is 14.4. The Morgan fingerprint density at radius 2 is 2.00 bits per heavy atom. The SMILES string of the molecule is CCCNC(CCc1ccnn1C)c1ccc(Cl)cc1. The van der Waals surface area contributed by atoms with Crippen molar-refractivity contribution in [3.05, 3.63) is 52.8 Å². The number of aromatic nitrogens is 2. The molecule has 0 aliphatic rings. The van der Waals surface area contributed by atoms with E-state index in [1.807, 2.05) is 30.1 Å². The fraction of sp³-hybridized carbons (Fsp3) is 0.438. The van der Waals surface area contributed by atoms with Crippen molar-refractivity contribution in [1.82, 2.24) is 15.1 Å². The molecule has 1 N–H and O–H groups in total. The number of hydrogen-bond donors (Lipinski definition) is 1. The van der Waals surface area contributed by atoms with Crippen LogP contribution >= 0.6 is 11.6 Å². The highest BCUT2D eigenvalue weighted by molar-refractivity contribution is 6.30. The lowest BCUT2D eigenvalue weighted by atomic mass is 10.0. The highest BCUT2D eigenvalue weighted by Crippen LogP contribution is 2.21. The number of benzene rings is 1. The largest absolute Gasteiger partial charge is 0.310 e. The molecule has 0 saturated carbocycles. The molecule has 1 atom stereocenters. The summed E-state index contributed by atoms with van der Waals surface area (Å²) in [5.41, 5.74) is 2.56. The molecule has 0 aliphatic heterocycles. The van der Waals surface area contributed by atoms with E-state index < -0.39 is 0 Å². The minimum atomic E-state index is 0.363. The third-order valence-corrected chi connectivity index (χ3v) is 3.78. The van der Waals surface area contributed by atoms with E-state index >= 15 is 0 Å². The lowest BCUT2D eigenvalue weighted by Gasteiger charge is -2.19. The first-order chi connectivity index (χ1) is 9.70. The first-order valence-electron chi connectivity index (χ1n) is 7.16. The molecule has 108 valence electrons. The maximum atomic E-state index is 5.97. The average molecular weight is 292 g/mol. The van der Waals surface area contributed by atoms with Gasteiger partial charge in [0.1, 0.15) is 0 Å². The molecule has 2 aromatic rings. The highest BCUT2D eigenvalue weighted by atomic mass is 35.5. The Morgan fingerprint density at radius 1 is 1.25 bits per heavy atom. The Hall–Kier alpha value is -1.32. The van der Waals surface area contributed by atoms with Crippen LogP contribution in [0.1, 0.15) is 37.1 Å². The number of aryl methyl sites for hydroxylation is 2. The molecular weight excluding hydrogens is 270 g/mol. The second-order valence-electron chi connectivity index (χ2n) is 5.04. The lowest BCUT2D eigenvalue weighted by molar-refractivity contribution is 0.491. The second-order valence-corrected chi connectivity index (χ2v) is 5.48. The fourth-order valence-electron chi connectivity index (χ4n) is 2.34. The van der Waals surface area contributed by atoms with Crippen molar-refractivity contribution >= 4 is 11.6 Å². The summed E-state index contributed by atoms with van der Waals surface area (Å²) in [4.78, 5) is 0. The summed E-state index contributed by atoms with van der Waals surface area (Å²) in [6.45, 7) is 3.21. The van der Waals surface area contributed by atoms with E-state index in [0.29, 0.717) is 6.04 Å². The molecule has 20 heavy (non-hydrogen) atoms. The smallest absolute Gasteiger partial charge is 0.0492 e. The number of nitrogens with zero attached hydrogens (tertiary/aromatic N) is 2. The van der Waals surface area contributed by atoms with Gasteiger partial charge in [0.15, 0.2) is 0 Å². The molecule has 2 rings (SSSR count). The van der Waals surface area contributed by atoms with E-state index in [2.05, 4.69) is 35.5 Å². The van der Waals surface area contributed by atoms with Crippen LogP contribution in [0.25, 0.3) is 0 Å². The van der Waals surface area contributed by atoms with Gasteiger partial charge in [0.2, 0.25) is 0 Å². The Kier molecular flexibility index (Phi) is 5.62. The predicted octanol–water partition coefficient (Wildman–Crippen LogP) is 3.75. The molecule has 3 nitrogen and oxygen atoms in total. The summed E-state index contributed by atoms with van der Waals surface area (Å²) >= 11 is 5.97. The molecule has 0 amide bonds. The fourth-order valence-corrected chi connectivity index (χ4v) is 2.46. The third kappa shape index (κ3) is 4.09. The average Bonchev–Trinajstić information content (AvgIpc) is 2.86. The topological polar surface area (TPSA) is 29.9 Å². The first kappa shape index (κ1) is 15.1. The van der Waals surface area contributed by atoms with E-state index in [-0.39, 0.29) is 0 Å². The monoisotopic (exact) mass is 291 g/mol. The standard InChI is InChI=1S/C16H22ClN3/c1-3-11-18-16(13-4-6-14(17)7-5-13)9-8-15-10-12-19-20(15)2/h4-7,10,12,16,18H,3,8-9,11H2,1-2H3. The number of hydrogen-bond acceptors (Lipinski definition) is 2. The van der Waals surface area contributed by atoms with E-state index in [1.54, 1.807) is 0 Å². The van der Waals surface area contributed by atoms with Crippen LogP contribution < -0.4 is 5.32 Å². The normalized spacial score (nSPS) is 12.6. The van der Waals surface area contributed by atoms with Crippen molar-refractivity contribution in [1.29, 1.82) is 0 Å². The summed E-state index contributed by atoms with van der Waals surface area (Å²) in [6.07, 6.45) is 5.06. The minimum absolute atomic E-state index is 0.363. The number of rotatable bonds is 7. The van der Waals surface area contributed by atoms with Gasteiger partial charge in [-0.05, 0) is 49.6 Å². The first-order valence-corrected chi connectivity index (χ1v) is 7.54. The van der Waals surface area contributed by atoms with Crippen molar-refractivity contribution in [2.24, 2.45) is 7.05 Å². The molecule has 0 radical (unpaired) electrons. The van der Waals surface area contributed by atoms with Gasteiger partial charge in [-0.3, -0.25) is 4.68 Å². The molecule has 1 aromatic heterocycles. The highest BCUT2D eigenvalue weighted by Gasteiger charge is 2.11. The summed E-state index contributed by atoms with van der Waals surface area (Å²) < 4.78 is 1.94. The van der Waals surface area contributed by atoms with Crippen molar-refractivity contribution in [2.75, 3.05) is 6.54 Å². The molecule has 1 aromatic carbocycles. The Bertz CT molecular complexity index is 519. The van der Waals surface area contributed by atoms with E-state index in [1.165, 1.54) is 11.3 Å². The molecule has 0 saturated heterocycles. The Balaban J connectivity index is 2.03. The van der Waals surface area contributed by atoms with Gasteiger partial charge in [-0.2, -0.15) is 5.10 Å². The van der Waals surface area contributed by atoms with E-state index in [0.717, 1.165) is 30.8 Å². The molecule has 0 aliphatic carbocycles. The molecule has 1 unspecified atom stereocenters. The molecule has 0 spiro atoms. The number of halogens is 1. The maximum Gasteiger partial charge on any atom is 0.0492 e. The van der Waals surface area contributed by atoms with Crippen LogP contribution in [0, 0.1) is 0 Å². The van der Waals surface area contributed by atoms with E-state index in [4.69, 9.17) is 11.6 Å². The van der Waals surface area contributed by atoms with Gasteiger partial charge in [-0.25, -0.2) is 0 Å². The van der Waals surface area contributed by atoms with Gasteiger partial charge >= 0.3 is 0 Å². The van der Waals surface area contributed by atoms with Crippen molar-refractivity contribution in [3.8, 4) is 0 Å². The van der Waals surface area contributed by atoms with Crippen molar-refractivity contribution in [3.63, 3.8) is 0 Å². The third-order valence-electron chi connectivity index (χ3n) is 3.52. The molecular formula is C16H22ClN3. The van der Waals surface area contributed by atoms with Gasteiger partial charge in [-0.1, -0.05) is 30.7 Å². The van der Waals surface area contributed by atoms with Crippen LogP contribution in [0.15, 0.2) is 36.5 Å². The maximum absolute atomic E-state index is 5.97. The van der Waals surface area contributed by atoms with Crippen LogP contribution in [0.5, 0.6) is 0 Å². The molecule has 0 bridgehead atoms. The Morgan fingerprint density at radius 3 is 2.60 bits per heavy atom. The van der Waals surface area contributed by atoms with Crippen LogP contribution in [-0.4, -0.2) is 16.3 Å². The van der Waals surface area contributed by atoms with Crippen molar-refractivity contribution in [2.45, 2.75) is 32.2 Å². The van der Waals surface area contributed by atoms with Gasteiger partial charge in [0, 0.05) is 30.0 Å². The van der Waals surface area contributed by atoms with Gasteiger partial charge < -0.3 is 5.32 Å². The quantitative estimate of drug-likeness (QED) is 0.842. The van der Waals surface area contributed by atoms with Crippen LogP contribution in [-0.2, 0) is 13.5 Å². The Labute approximate surface area is 126 Å². The molecule has 1 heterocycles.